The van der Waals surface area contributed by atoms with Crippen LogP contribution in [0.2, 0.25) is 0 Å². The van der Waals surface area contributed by atoms with Gasteiger partial charge in [-0.3, -0.25) is 13.9 Å². The summed E-state index contributed by atoms with van der Waals surface area (Å²) in [6.45, 7) is 5.40. The number of aryl methyl sites for hydroxylation is 2. The van der Waals surface area contributed by atoms with E-state index in [1.165, 1.54) is 21.3 Å². The smallest absolute Gasteiger partial charge is 0.264 e. The average Bonchev–Trinajstić information content (AvgIpc) is 3.47. The van der Waals surface area contributed by atoms with E-state index in [4.69, 9.17) is 0 Å². The van der Waals surface area contributed by atoms with Crippen LogP contribution in [0.5, 0.6) is 0 Å². The molecule has 0 spiro atoms. The molecule has 1 unspecified atom stereocenters. The van der Waals surface area contributed by atoms with E-state index in [1.807, 2.05) is 50.2 Å². The molecule has 0 bridgehead atoms. The summed E-state index contributed by atoms with van der Waals surface area (Å²) in [6, 6.07) is 22.5. The van der Waals surface area contributed by atoms with E-state index in [0.29, 0.717) is 12.1 Å². The molecule has 1 N–H and O–H groups in total. The zero-order valence-electron chi connectivity index (χ0n) is 23.5. The summed E-state index contributed by atoms with van der Waals surface area (Å²) in [5.41, 5.74) is 3.19. The molecule has 2 amide bonds. The Labute approximate surface area is 238 Å². The second-order valence-electron chi connectivity index (χ2n) is 10.5. The first-order valence-electron chi connectivity index (χ1n) is 14.0. The first-order valence-corrected chi connectivity index (χ1v) is 15.5. The third kappa shape index (κ3) is 6.91. The number of nitrogens with zero attached hydrogens (tertiary/aromatic N) is 2. The molecular formula is C32H39N3O4S. The molecule has 0 radical (unpaired) electrons. The van der Waals surface area contributed by atoms with Gasteiger partial charge < -0.3 is 10.2 Å². The van der Waals surface area contributed by atoms with Gasteiger partial charge >= 0.3 is 0 Å². The van der Waals surface area contributed by atoms with Gasteiger partial charge in [0.05, 0.1) is 10.6 Å². The van der Waals surface area contributed by atoms with E-state index < -0.39 is 28.5 Å². The van der Waals surface area contributed by atoms with Gasteiger partial charge in [0.2, 0.25) is 11.8 Å². The van der Waals surface area contributed by atoms with Crippen LogP contribution in [0.3, 0.4) is 0 Å². The number of carbonyl (C=O) groups is 2. The molecule has 3 aromatic carbocycles. The van der Waals surface area contributed by atoms with Crippen molar-refractivity contribution >= 4 is 27.5 Å². The van der Waals surface area contributed by atoms with Gasteiger partial charge in [-0.2, -0.15) is 0 Å². The molecule has 1 fully saturated rings. The minimum absolute atomic E-state index is 0.103. The lowest BCUT2D eigenvalue weighted by Crippen LogP contribution is -2.52. The van der Waals surface area contributed by atoms with Crippen LogP contribution in [0.1, 0.15) is 56.2 Å². The van der Waals surface area contributed by atoms with Crippen LogP contribution < -0.4 is 9.62 Å². The Morgan fingerprint density at radius 2 is 1.62 bits per heavy atom. The average molecular weight is 562 g/mol. The molecule has 212 valence electrons. The van der Waals surface area contributed by atoms with Crippen LogP contribution in [0.4, 0.5) is 5.69 Å². The Bertz CT molecular complexity index is 1420. The summed E-state index contributed by atoms with van der Waals surface area (Å²) in [6.07, 6.45) is 4.61. The molecule has 8 heteroatoms. The Balaban J connectivity index is 1.70. The van der Waals surface area contributed by atoms with E-state index in [-0.39, 0.29) is 23.4 Å². The van der Waals surface area contributed by atoms with Gasteiger partial charge in [0.25, 0.3) is 10.0 Å². The monoisotopic (exact) mass is 561 g/mol. The SMILES string of the molecule is CCc1ccccc1N(CC(=O)N(Cc1cccc(C)c1)C(C)C(=O)NC1CCCC1)S(=O)(=O)c1ccccc1. The van der Waals surface area contributed by atoms with E-state index >= 15 is 0 Å². The van der Waals surface area contributed by atoms with Crippen molar-refractivity contribution in [3.05, 3.63) is 95.6 Å². The van der Waals surface area contributed by atoms with Crippen LogP contribution >= 0.6 is 0 Å². The van der Waals surface area contributed by atoms with Crippen molar-refractivity contribution in [3.8, 4) is 0 Å². The first kappa shape index (κ1) is 29.3. The number of sulfonamides is 1. The second-order valence-corrected chi connectivity index (χ2v) is 12.3. The predicted molar refractivity (Wildman–Crippen MR) is 158 cm³/mol. The highest BCUT2D eigenvalue weighted by Gasteiger charge is 2.34. The van der Waals surface area contributed by atoms with Crippen molar-refractivity contribution in [2.75, 3.05) is 10.8 Å². The lowest BCUT2D eigenvalue weighted by atomic mass is 10.1. The fourth-order valence-electron chi connectivity index (χ4n) is 5.27. The molecular weight excluding hydrogens is 522 g/mol. The van der Waals surface area contributed by atoms with Crippen LogP contribution in [0.15, 0.2) is 83.8 Å². The maximum absolute atomic E-state index is 14.1. The number of nitrogens with one attached hydrogen (secondary N) is 1. The van der Waals surface area contributed by atoms with Gasteiger partial charge in [-0.25, -0.2) is 8.42 Å². The van der Waals surface area contributed by atoms with Gasteiger partial charge in [0.15, 0.2) is 0 Å². The Hall–Kier alpha value is -3.65. The van der Waals surface area contributed by atoms with Crippen molar-refractivity contribution in [2.24, 2.45) is 0 Å². The third-order valence-corrected chi connectivity index (χ3v) is 9.33. The molecule has 40 heavy (non-hydrogen) atoms. The van der Waals surface area contributed by atoms with Crippen LogP contribution in [0, 0.1) is 6.92 Å². The first-order chi connectivity index (χ1) is 19.2. The van der Waals surface area contributed by atoms with Crippen LogP contribution in [-0.4, -0.2) is 43.8 Å². The molecule has 1 aliphatic rings. The summed E-state index contributed by atoms with van der Waals surface area (Å²) in [5.74, 6) is -0.666. The molecule has 0 aliphatic heterocycles. The minimum atomic E-state index is -4.07. The molecule has 0 aromatic heterocycles. The predicted octanol–water partition coefficient (Wildman–Crippen LogP) is 5.23. The number of carbonyl (C=O) groups excluding carboxylic acids is 2. The Morgan fingerprint density at radius 3 is 2.30 bits per heavy atom. The van der Waals surface area contributed by atoms with Gasteiger partial charge in [0.1, 0.15) is 12.6 Å². The van der Waals surface area contributed by atoms with E-state index in [9.17, 15) is 18.0 Å². The lowest BCUT2D eigenvalue weighted by Gasteiger charge is -2.33. The molecule has 1 atom stereocenters. The van der Waals surface area contributed by atoms with E-state index in [2.05, 4.69) is 5.32 Å². The molecule has 4 rings (SSSR count). The Kier molecular flexibility index (Phi) is 9.63. The molecule has 3 aromatic rings. The molecule has 1 aliphatic carbocycles. The lowest BCUT2D eigenvalue weighted by molar-refractivity contribution is -0.139. The number of hydrogen-bond acceptors (Lipinski definition) is 4. The van der Waals surface area contributed by atoms with Gasteiger partial charge in [0, 0.05) is 12.6 Å². The topological polar surface area (TPSA) is 86.8 Å². The maximum atomic E-state index is 14.1. The zero-order chi connectivity index (χ0) is 28.7. The molecule has 7 nitrogen and oxygen atoms in total. The van der Waals surface area contributed by atoms with E-state index in [0.717, 1.165) is 42.4 Å². The fraction of sp³-hybridized carbons (Fsp3) is 0.375. The van der Waals surface area contributed by atoms with E-state index in [1.54, 1.807) is 37.3 Å². The number of rotatable bonds is 11. The highest BCUT2D eigenvalue weighted by molar-refractivity contribution is 7.92. The number of para-hydroxylation sites is 1. The number of amides is 2. The minimum Gasteiger partial charge on any atom is -0.352 e. The molecule has 1 saturated carbocycles. The number of hydrogen-bond donors (Lipinski definition) is 1. The summed E-state index contributed by atoms with van der Waals surface area (Å²) >= 11 is 0. The summed E-state index contributed by atoms with van der Waals surface area (Å²) < 4.78 is 29.1. The van der Waals surface area contributed by atoms with Crippen molar-refractivity contribution < 1.29 is 18.0 Å². The van der Waals surface area contributed by atoms with Gasteiger partial charge in [-0.1, -0.05) is 86.0 Å². The second kappa shape index (κ2) is 13.1. The van der Waals surface area contributed by atoms with Crippen molar-refractivity contribution in [2.45, 2.75) is 76.4 Å². The molecule has 0 heterocycles. The number of benzene rings is 3. The highest BCUT2D eigenvalue weighted by Crippen LogP contribution is 2.28. The zero-order valence-corrected chi connectivity index (χ0v) is 24.4. The summed E-state index contributed by atoms with van der Waals surface area (Å²) in [7, 11) is -4.07. The third-order valence-electron chi connectivity index (χ3n) is 7.56. The number of anilines is 1. The Morgan fingerprint density at radius 1 is 0.950 bits per heavy atom. The highest BCUT2D eigenvalue weighted by atomic mass is 32.2. The quantitative estimate of drug-likeness (QED) is 0.347. The van der Waals surface area contributed by atoms with Crippen molar-refractivity contribution in [1.82, 2.24) is 10.2 Å². The van der Waals surface area contributed by atoms with Crippen molar-refractivity contribution in [1.29, 1.82) is 0 Å². The standard InChI is InChI=1S/C32H39N3O4S/c1-4-27-15-8-11-20-30(27)35(40(38,39)29-18-6-5-7-19-29)23-31(36)34(22-26-14-12-13-24(2)21-26)25(3)32(37)33-28-16-9-10-17-28/h5-8,11-15,18-21,25,28H,4,9-10,16-17,22-23H2,1-3H3,(H,33,37). The summed E-state index contributed by atoms with van der Waals surface area (Å²) in [4.78, 5) is 29.1. The van der Waals surface area contributed by atoms with Gasteiger partial charge in [-0.05, 0) is 62.4 Å². The van der Waals surface area contributed by atoms with Gasteiger partial charge in [-0.15, -0.1) is 0 Å². The maximum Gasteiger partial charge on any atom is 0.264 e. The van der Waals surface area contributed by atoms with Crippen LogP contribution in [-0.2, 0) is 32.6 Å². The molecule has 0 saturated heterocycles. The largest absolute Gasteiger partial charge is 0.352 e. The normalized spacial score (nSPS) is 14.5. The van der Waals surface area contributed by atoms with Crippen LogP contribution in [0.25, 0.3) is 0 Å². The fourth-order valence-corrected chi connectivity index (χ4v) is 6.74. The van der Waals surface area contributed by atoms with Crippen molar-refractivity contribution in [3.63, 3.8) is 0 Å². The summed E-state index contributed by atoms with van der Waals surface area (Å²) in [5, 5.41) is 3.11.